The third kappa shape index (κ3) is 5.10. The van der Waals surface area contributed by atoms with Crippen LogP contribution in [-0.4, -0.2) is 22.8 Å². The van der Waals surface area contributed by atoms with Crippen molar-refractivity contribution < 1.29 is 4.21 Å². The smallest absolute Gasteiger partial charge is 0.0408 e. The molecule has 0 spiro atoms. The SMILES string of the molecule is Cc1cc(Cl)ccc1CNCCCS(C)=O. The Hall–Kier alpha value is -0.380. The predicted octanol–water partition coefficient (Wildman–Crippen LogP) is 2.51. The maximum absolute atomic E-state index is 10.8. The number of halogens is 1. The molecule has 90 valence electrons. The van der Waals surface area contributed by atoms with E-state index in [4.69, 9.17) is 11.6 Å². The molecule has 0 radical (unpaired) electrons. The molecule has 0 aliphatic heterocycles. The van der Waals surface area contributed by atoms with E-state index < -0.39 is 10.8 Å². The Morgan fingerprint density at radius 2 is 2.19 bits per heavy atom. The molecule has 0 saturated carbocycles. The molecule has 1 atom stereocenters. The van der Waals surface area contributed by atoms with E-state index in [0.29, 0.717) is 0 Å². The zero-order valence-corrected chi connectivity index (χ0v) is 11.3. The van der Waals surface area contributed by atoms with Gasteiger partial charge < -0.3 is 5.32 Å². The summed E-state index contributed by atoms with van der Waals surface area (Å²) in [6.45, 7) is 3.81. The van der Waals surface area contributed by atoms with Crippen molar-refractivity contribution in [2.45, 2.75) is 19.9 Å². The minimum atomic E-state index is -0.678. The summed E-state index contributed by atoms with van der Waals surface area (Å²) in [6.07, 6.45) is 2.69. The monoisotopic (exact) mass is 259 g/mol. The van der Waals surface area contributed by atoms with Crippen molar-refractivity contribution in [3.63, 3.8) is 0 Å². The molecule has 1 aromatic carbocycles. The summed E-state index contributed by atoms with van der Waals surface area (Å²) < 4.78 is 10.8. The first-order valence-electron chi connectivity index (χ1n) is 5.35. The van der Waals surface area contributed by atoms with E-state index in [2.05, 4.69) is 12.2 Å². The minimum Gasteiger partial charge on any atom is -0.313 e. The number of hydrogen-bond donors (Lipinski definition) is 1. The molecule has 4 heteroatoms. The third-order valence-corrected chi connectivity index (χ3v) is 3.50. The van der Waals surface area contributed by atoms with Gasteiger partial charge in [0.15, 0.2) is 0 Å². The van der Waals surface area contributed by atoms with Gasteiger partial charge in [-0.05, 0) is 43.1 Å². The van der Waals surface area contributed by atoms with Crippen LogP contribution in [0.3, 0.4) is 0 Å². The maximum atomic E-state index is 10.8. The topological polar surface area (TPSA) is 29.1 Å². The van der Waals surface area contributed by atoms with Crippen LogP contribution in [0.2, 0.25) is 5.02 Å². The van der Waals surface area contributed by atoms with E-state index in [1.165, 1.54) is 11.1 Å². The van der Waals surface area contributed by atoms with Crippen LogP contribution in [0.25, 0.3) is 0 Å². The van der Waals surface area contributed by atoms with Gasteiger partial charge in [0.1, 0.15) is 0 Å². The Labute approximate surface area is 105 Å². The highest BCUT2D eigenvalue weighted by Crippen LogP contribution is 2.14. The van der Waals surface area contributed by atoms with Crippen LogP contribution in [0.4, 0.5) is 0 Å². The maximum Gasteiger partial charge on any atom is 0.0408 e. The molecule has 1 rings (SSSR count). The number of nitrogens with one attached hydrogen (secondary N) is 1. The van der Waals surface area contributed by atoms with Crippen LogP contribution in [0.1, 0.15) is 17.5 Å². The predicted molar refractivity (Wildman–Crippen MR) is 71.4 cm³/mol. The Bertz CT molecular complexity index is 368. The molecular formula is C12H18ClNOS. The Balaban J connectivity index is 2.29. The lowest BCUT2D eigenvalue weighted by Crippen LogP contribution is -2.17. The Morgan fingerprint density at radius 3 is 2.81 bits per heavy atom. The number of hydrogen-bond acceptors (Lipinski definition) is 2. The van der Waals surface area contributed by atoms with Gasteiger partial charge in [-0.25, -0.2) is 0 Å². The van der Waals surface area contributed by atoms with Crippen molar-refractivity contribution in [1.29, 1.82) is 0 Å². The van der Waals surface area contributed by atoms with E-state index in [-0.39, 0.29) is 0 Å². The van der Waals surface area contributed by atoms with E-state index in [0.717, 1.165) is 30.3 Å². The standard InChI is InChI=1S/C12H18ClNOS/c1-10-8-12(13)5-4-11(10)9-14-6-3-7-16(2)15/h4-5,8,14H,3,6-7,9H2,1-2H3. The van der Waals surface area contributed by atoms with E-state index >= 15 is 0 Å². The largest absolute Gasteiger partial charge is 0.313 e. The molecule has 1 aromatic rings. The molecule has 0 aliphatic carbocycles. The second kappa shape index (κ2) is 7.05. The van der Waals surface area contributed by atoms with Crippen LogP contribution in [-0.2, 0) is 17.3 Å². The summed E-state index contributed by atoms with van der Waals surface area (Å²) >= 11 is 5.88. The summed E-state index contributed by atoms with van der Waals surface area (Å²) in [5.41, 5.74) is 2.47. The highest BCUT2D eigenvalue weighted by Gasteiger charge is 1.98. The van der Waals surface area contributed by atoms with Crippen molar-refractivity contribution in [3.8, 4) is 0 Å². The fourth-order valence-corrected chi connectivity index (χ4v) is 2.26. The molecule has 2 nitrogen and oxygen atoms in total. The highest BCUT2D eigenvalue weighted by molar-refractivity contribution is 7.84. The molecule has 0 aromatic heterocycles. The molecule has 0 amide bonds. The van der Waals surface area contributed by atoms with Gasteiger partial charge in [-0.15, -0.1) is 0 Å². The first-order valence-corrected chi connectivity index (χ1v) is 7.46. The minimum absolute atomic E-state index is 0.678. The van der Waals surface area contributed by atoms with Crippen LogP contribution in [0.15, 0.2) is 18.2 Å². The molecule has 0 aliphatic rings. The third-order valence-electron chi connectivity index (χ3n) is 2.41. The van der Waals surface area contributed by atoms with Crippen LogP contribution in [0.5, 0.6) is 0 Å². The van der Waals surface area contributed by atoms with E-state index in [1.54, 1.807) is 6.26 Å². The van der Waals surface area contributed by atoms with Crippen LogP contribution >= 0.6 is 11.6 Å². The number of benzene rings is 1. The first kappa shape index (κ1) is 13.7. The average Bonchev–Trinajstić information content (AvgIpc) is 2.20. The Kier molecular flexibility index (Phi) is 6.03. The summed E-state index contributed by atoms with van der Waals surface area (Å²) in [7, 11) is -0.678. The molecule has 1 unspecified atom stereocenters. The van der Waals surface area contributed by atoms with Gasteiger partial charge in [0, 0.05) is 34.4 Å². The molecular weight excluding hydrogens is 242 g/mol. The zero-order chi connectivity index (χ0) is 12.0. The van der Waals surface area contributed by atoms with E-state index in [9.17, 15) is 4.21 Å². The van der Waals surface area contributed by atoms with Crippen molar-refractivity contribution in [2.24, 2.45) is 0 Å². The van der Waals surface area contributed by atoms with Crippen molar-refractivity contribution >= 4 is 22.4 Å². The van der Waals surface area contributed by atoms with Gasteiger partial charge in [0.05, 0.1) is 0 Å². The molecule has 0 saturated heterocycles. The normalized spacial score (nSPS) is 12.7. The number of aryl methyl sites for hydroxylation is 1. The van der Waals surface area contributed by atoms with E-state index in [1.807, 2.05) is 18.2 Å². The summed E-state index contributed by atoms with van der Waals surface area (Å²) in [5, 5.41) is 4.12. The Morgan fingerprint density at radius 1 is 1.44 bits per heavy atom. The van der Waals surface area contributed by atoms with Gasteiger partial charge >= 0.3 is 0 Å². The highest BCUT2D eigenvalue weighted by atomic mass is 35.5. The van der Waals surface area contributed by atoms with Gasteiger partial charge in [0.25, 0.3) is 0 Å². The van der Waals surface area contributed by atoms with Crippen molar-refractivity contribution in [3.05, 3.63) is 34.3 Å². The molecule has 1 N–H and O–H groups in total. The summed E-state index contributed by atoms with van der Waals surface area (Å²) in [6, 6.07) is 5.93. The summed E-state index contributed by atoms with van der Waals surface area (Å²) in [4.78, 5) is 0. The zero-order valence-electron chi connectivity index (χ0n) is 9.75. The van der Waals surface area contributed by atoms with Gasteiger partial charge in [-0.3, -0.25) is 4.21 Å². The van der Waals surface area contributed by atoms with Crippen molar-refractivity contribution in [1.82, 2.24) is 5.32 Å². The fourth-order valence-electron chi connectivity index (χ4n) is 1.48. The van der Waals surface area contributed by atoms with Gasteiger partial charge in [-0.1, -0.05) is 17.7 Å². The fraction of sp³-hybridized carbons (Fsp3) is 0.500. The molecule has 0 bridgehead atoms. The summed E-state index contributed by atoms with van der Waals surface area (Å²) in [5.74, 6) is 0.770. The second-order valence-corrected chi connectivity index (χ2v) is 5.87. The van der Waals surface area contributed by atoms with Gasteiger partial charge in [0.2, 0.25) is 0 Å². The lowest BCUT2D eigenvalue weighted by atomic mass is 10.1. The lowest BCUT2D eigenvalue weighted by Gasteiger charge is -2.07. The lowest BCUT2D eigenvalue weighted by molar-refractivity contribution is 0.661. The van der Waals surface area contributed by atoms with Crippen LogP contribution in [0, 0.1) is 6.92 Å². The molecule has 0 fully saturated rings. The molecule has 16 heavy (non-hydrogen) atoms. The quantitative estimate of drug-likeness (QED) is 0.796. The van der Waals surface area contributed by atoms with Crippen LogP contribution < -0.4 is 5.32 Å². The number of rotatable bonds is 6. The van der Waals surface area contributed by atoms with Crippen molar-refractivity contribution in [2.75, 3.05) is 18.6 Å². The molecule has 0 heterocycles. The average molecular weight is 260 g/mol. The first-order chi connectivity index (χ1) is 7.59. The van der Waals surface area contributed by atoms with Gasteiger partial charge in [-0.2, -0.15) is 0 Å². The second-order valence-electron chi connectivity index (χ2n) is 3.88.